The van der Waals surface area contributed by atoms with Crippen LogP contribution < -0.4 is 0 Å². The molecule has 212 valence electrons. The Morgan fingerprint density at radius 1 is 1.05 bits per heavy atom. The minimum Gasteiger partial charge on any atom is -0.393 e. The van der Waals surface area contributed by atoms with Crippen LogP contribution >= 0.6 is 0 Å². The lowest BCUT2D eigenvalue weighted by Crippen LogP contribution is -2.39. The summed E-state index contributed by atoms with van der Waals surface area (Å²) in [6, 6.07) is 0. The lowest BCUT2D eigenvalue weighted by Gasteiger charge is -2.45. The van der Waals surface area contributed by atoms with Crippen LogP contribution in [0.25, 0.3) is 0 Å². The summed E-state index contributed by atoms with van der Waals surface area (Å²) in [5, 5.41) is 51.5. The monoisotopic (exact) mass is 518 g/mol. The predicted octanol–water partition coefficient (Wildman–Crippen LogP) is 5.60. The molecule has 0 heterocycles. The van der Waals surface area contributed by atoms with E-state index in [-0.39, 0.29) is 5.41 Å². The Hall–Kier alpha value is -0.980. The number of aliphatic hydroxyl groups is 5. The highest BCUT2D eigenvalue weighted by Crippen LogP contribution is 2.60. The van der Waals surface area contributed by atoms with Gasteiger partial charge in [0.1, 0.15) is 0 Å². The van der Waals surface area contributed by atoms with Crippen LogP contribution in [0.5, 0.6) is 0 Å². The van der Waals surface area contributed by atoms with Crippen molar-refractivity contribution >= 4 is 0 Å². The van der Waals surface area contributed by atoms with Crippen LogP contribution in [-0.4, -0.2) is 55.0 Å². The summed E-state index contributed by atoms with van der Waals surface area (Å²) in [5.74, 6) is 1.53. The molecule has 3 aliphatic carbocycles. The lowest BCUT2D eigenvalue weighted by molar-refractivity contribution is -0.0563. The standard InChI is InChI=1S/C32H54O5/c1-21-24(19-25(33)20-28(21)34)12-11-22-10-8-18-32(6)26(22)14-15-27(32)23(9-7-17-30(2,3)36)13-16-29(35)31(4,5)37/h11-12,23,25-29,33-37H,1,7-10,13-20H2,2-6H3/b22-11+,24-12-/t23-,25?,26?,27?,28-,29?,32-/m0/s1. The van der Waals surface area contributed by atoms with E-state index >= 15 is 0 Å². The first-order valence-electron chi connectivity index (χ1n) is 14.7. The first-order valence-corrected chi connectivity index (χ1v) is 14.7. The van der Waals surface area contributed by atoms with Crippen LogP contribution in [0.3, 0.4) is 0 Å². The van der Waals surface area contributed by atoms with E-state index in [0.29, 0.717) is 37.0 Å². The maximum Gasteiger partial charge on any atom is 0.0849 e. The highest BCUT2D eigenvalue weighted by atomic mass is 16.3. The third kappa shape index (κ3) is 7.79. The normalized spacial score (nSPS) is 35.1. The maximum absolute atomic E-state index is 10.6. The summed E-state index contributed by atoms with van der Waals surface area (Å²) in [6.45, 7) is 13.7. The molecule has 3 aliphatic rings. The molecule has 5 N–H and O–H groups in total. The van der Waals surface area contributed by atoms with Gasteiger partial charge in [0.2, 0.25) is 0 Å². The highest BCUT2D eigenvalue weighted by Gasteiger charge is 2.51. The summed E-state index contributed by atoms with van der Waals surface area (Å²) in [6.07, 6.45) is 13.4. The van der Waals surface area contributed by atoms with Gasteiger partial charge in [-0.1, -0.05) is 44.1 Å². The van der Waals surface area contributed by atoms with Crippen molar-refractivity contribution in [2.45, 2.75) is 141 Å². The highest BCUT2D eigenvalue weighted by molar-refractivity contribution is 5.38. The number of hydrogen-bond acceptors (Lipinski definition) is 5. The first-order chi connectivity index (χ1) is 17.1. The van der Waals surface area contributed by atoms with Crippen LogP contribution in [-0.2, 0) is 0 Å². The smallest absolute Gasteiger partial charge is 0.0849 e. The number of aliphatic hydroxyl groups excluding tert-OH is 3. The van der Waals surface area contributed by atoms with Crippen molar-refractivity contribution in [2.24, 2.45) is 23.2 Å². The second-order valence-electron chi connectivity index (χ2n) is 13.9. The molecule has 0 bridgehead atoms. The van der Waals surface area contributed by atoms with Crippen molar-refractivity contribution < 1.29 is 25.5 Å². The molecule has 4 unspecified atom stereocenters. The summed E-state index contributed by atoms with van der Waals surface area (Å²) in [4.78, 5) is 0. The molecule has 37 heavy (non-hydrogen) atoms. The fraction of sp³-hybridized carbons (Fsp3) is 0.812. The van der Waals surface area contributed by atoms with Crippen LogP contribution in [0, 0.1) is 23.2 Å². The summed E-state index contributed by atoms with van der Waals surface area (Å²) in [7, 11) is 0. The minimum absolute atomic E-state index is 0.199. The van der Waals surface area contributed by atoms with Gasteiger partial charge in [-0.05, 0) is 120 Å². The molecule has 0 saturated heterocycles. The molecule has 0 spiro atoms. The van der Waals surface area contributed by atoms with Crippen LogP contribution in [0.4, 0.5) is 0 Å². The van der Waals surface area contributed by atoms with E-state index in [1.54, 1.807) is 13.8 Å². The van der Waals surface area contributed by atoms with Gasteiger partial charge < -0.3 is 25.5 Å². The predicted molar refractivity (Wildman–Crippen MR) is 150 cm³/mol. The molecule has 0 aliphatic heterocycles. The van der Waals surface area contributed by atoms with Gasteiger partial charge in [0, 0.05) is 6.42 Å². The molecule has 0 aromatic carbocycles. The Labute approximate surface area is 225 Å². The van der Waals surface area contributed by atoms with Crippen LogP contribution in [0.15, 0.2) is 35.5 Å². The molecular weight excluding hydrogens is 464 g/mol. The van der Waals surface area contributed by atoms with Gasteiger partial charge in [0.05, 0.1) is 29.5 Å². The Balaban J connectivity index is 1.79. The summed E-state index contributed by atoms with van der Waals surface area (Å²) < 4.78 is 0. The largest absolute Gasteiger partial charge is 0.393 e. The fourth-order valence-electron chi connectivity index (χ4n) is 7.59. The van der Waals surface area contributed by atoms with Crippen molar-refractivity contribution in [1.82, 2.24) is 0 Å². The van der Waals surface area contributed by atoms with Crippen molar-refractivity contribution in [3.8, 4) is 0 Å². The Kier molecular flexibility index (Phi) is 9.94. The van der Waals surface area contributed by atoms with Crippen molar-refractivity contribution in [3.05, 3.63) is 35.5 Å². The third-order valence-electron chi connectivity index (χ3n) is 9.86. The average Bonchev–Trinajstić information content (AvgIpc) is 3.13. The molecular formula is C32H54O5. The van der Waals surface area contributed by atoms with Gasteiger partial charge in [-0.25, -0.2) is 0 Å². The van der Waals surface area contributed by atoms with Crippen LogP contribution in [0.1, 0.15) is 112 Å². The van der Waals surface area contributed by atoms with E-state index in [4.69, 9.17) is 0 Å². The molecule has 0 aromatic heterocycles. The van der Waals surface area contributed by atoms with E-state index in [1.807, 2.05) is 13.8 Å². The van der Waals surface area contributed by atoms with Gasteiger partial charge in [-0.15, -0.1) is 0 Å². The second kappa shape index (κ2) is 12.0. The Bertz CT molecular complexity index is 844. The van der Waals surface area contributed by atoms with E-state index in [1.165, 1.54) is 24.8 Å². The van der Waals surface area contributed by atoms with Crippen molar-refractivity contribution in [3.63, 3.8) is 0 Å². The zero-order chi connectivity index (χ0) is 27.6. The van der Waals surface area contributed by atoms with E-state index < -0.39 is 29.5 Å². The Morgan fingerprint density at radius 2 is 1.76 bits per heavy atom. The third-order valence-corrected chi connectivity index (χ3v) is 9.86. The molecule has 7 atom stereocenters. The molecule has 0 amide bonds. The fourth-order valence-corrected chi connectivity index (χ4v) is 7.59. The number of hydrogen-bond donors (Lipinski definition) is 5. The van der Waals surface area contributed by atoms with Crippen molar-refractivity contribution in [1.29, 1.82) is 0 Å². The molecule has 5 heteroatoms. The zero-order valence-electron chi connectivity index (χ0n) is 24.0. The van der Waals surface area contributed by atoms with E-state index in [0.717, 1.165) is 49.7 Å². The molecule has 0 radical (unpaired) electrons. The number of allylic oxidation sites excluding steroid dienone is 3. The maximum atomic E-state index is 10.6. The van der Waals surface area contributed by atoms with Gasteiger partial charge in [-0.2, -0.15) is 0 Å². The quantitative estimate of drug-likeness (QED) is 0.259. The van der Waals surface area contributed by atoms with E-state index in [2.05, 4.69) is 25.7 Å². The van der Waals surface area contributed by atoms with E-state index in [9.17, 15) is 25.5 Å². The van der Waals surface area contributed by atoms with Gasteiger partial charge >= 0.3 is 0 Å². The van der Waals surface area contributed by atoms with Gasteiger partial charge in [-0.3, -0.25) is 0 Å². The first kappa shape index (κ1) is 30.6. The van der Waals surface area contributed by atoms with Crippen molar-refractivity contribution in [2.75, 3.05) is 0 Å². The Morgan fingerprint density at radius 3 is 2.41 bits per heavy atom. The molecule has 3 fully saturated rings. The number of fused-ring (bicyclic) bond motifs is 1. The minimum atomic E-state index is -1.10. The van der Waals surface area contributed by atoms with Crippen LogP contribution in [0.2, 0.25) is 0 Å². The molecule has 3 rings (SSSR count). The van der Waals surface area contributed by atoms with Gasteiger partial charge in [0.25, 0.3) is 0 Å². The summed E-state index contributed by atoms with van der Waals surface area (Å²) in [5.41, 5.74) is 1.62. The molecule has 5 nitrogen and oxygen atoms in total. The zero-order valence-corrected chi connectivity index (χ0v) is 24.0. The van der Waals surface area contributed by atoms with Gasteiger partial charge in [0.15, 0.2) is 0 Å². The average molecular weight is 519 g/mol. The summed E-state index contributed by atoms with van der Waals surface area (Å²) >= 11 is 0. The molecule has 0 aromatic rings. The number of rotatable bonds is 10. The SMILES string of the molecule is C=C1/C(=C\C=C2/CCC[C@@]3(C)C2CCC3[C@@H](CCCC(C)(C)O)CCC(O)C(C)(C)O)CC(O)C[C@@H]1O. The lowest BCUT2D eigenvalue weighted by atomic mass is 9.60. The molecule has 3 saturated carbocycles. The topological polar surface area (TPSA) is 101 Å². The second-order valence-corrected chi connectivity index (χ2v) is 13.9.